The molecule has 82 valence electrons. The largest absolute Gasteiger partial charge is 0.392 e. The molecule has 0 aromatic heterocycles. The molecule has 0 radical (unpaired) electrons. The number of likely N-dealkylation sites (tertiary alicyclic amines) is 1. The molecule has 1 atom stereocenters. The first-order valence-corrected chi connectivity index (χ1v) is 5.69. The van der Waals surface area contributed by atoms with E-state index in [0.717, 1.165) is 32.5 Å². The lowest BCUT2D eigenvalue weighted by Crippen LogP contribution is -2.47. The van der Waals surface area contributed by atoms with E-state index in [9.17, 15) is 0 Å². The van der Waals surface area contributed by atoms with Crippen LogP contribution in [0.1, 0.15) is 25.7 Å². The van der Waals surface area contributed by atoms with Gasteiger partial charge in [0.2, 0.25) is 0 Å². The summed E-state index contributed by atoms with van der Waals surface area (Å²) < 4.78 is 5.04. The van der Waals surface area contributed by atoms with E-state index in [-0.39, 0.29) is 0 Å². The van der Waals surface area contributed by atoms with Gasteiger partial charge in [-0.05, 0) is 25.8 Å². The molecule has 0 bridgehead atoms. The van der Waals surface area contributed by atoms with Crippen LogP contribution in [0, 0.1) is 0 Å². The minimum absolute atomic E-state index is 0.329. The third-order valence-electron chi connectivity index (χ3n) is 2.74. The molecule has 2 N–H and O–H groups in total. The van der Waals surface area contributed by atoms with E-state index >= 15 is 0 Å². The summed E-state index contributed by atoms with van der Waals surface area (Å²) in [5.41, 5.74) is 5.72. The molecular weight excluding hydrogens is 196 g/mol. The van der Waals surface area contributed by atoms with Crippen molar-refractivity contribution in [3.8, 4) is 0 Å². The molecule has 0 saturated carbocycles. The molecule has 1 unspecified atom stereocenters. The molecule has 1 heterocycles. The van der Waals surface area contributed by atoms with E-state index in [4.69, 9.17) is 22.7 Å². The molecule has 1 saturated heterocycles. The SMILES string of the molecule is COCCCN1CCCCC1C(N)=S. The first-order chi connectivity index (χ1) is 6.75. The lowest BCUT2D eigenvalue weighted by Gasteiger charge is -2.34. The summed E-state index contributed by atoms with van der Waals surface area (Å²) >= 11 is 5.08. The van der Waals surface area contributed by atoms with Crippen LogP contribution >= 0.6 is 12.2 Å². The van der Waals surface area contributed by atoms with Gasteiger partial charge in [0.15, 0.2) is 0 Å². The molecular formula is C10H20N2OS. The van der Waals surface area contributed by atoms with Crippen molar-refractivity contribution in [3.63, 3.8) is 0 Å². The normalized spacial score (nSPS) is 23.6. The zero-order valence-electron chi connectivity index (χ0n) is 8.87. The van der Waals surface area contributed by atoms with Crippen molar-refractivity contribution in [2.75, 3.05) is 26.8 Å². The summed E-state index contributed by atoms with van der Waals surface area (Å²) in [7, 11) is 1.74. The van der Waals surface area contributed by atoms with Gasteiger partial charge in [0.05, 0.1) is 11.0 Å². The summed E-state index contributed by atoms with van der Waals surface area (Å²) in [6, 6.07) is 0.329. The van der Waals surface area contributed by atoms with Crippen molar-refractivity contribution in [1.82, 2.24) is 4.90 Å². The first kappa shape index (κ1) is 11.9. The van der Waals surface area contributed by atoms with E-state index in [1.807, 2.05) is 0 Å². The Bertz CT molecular complexity index is 187. The highest BCUT2D eigenvalue weighted by atomic mass is 32.1. The third kappa shape index (κ3) is 3.52. The van der Waals surface area contributed by atoms with Crippen LogP contribution in [-0.4, -0.2) is 42.7 Å². The molecule has 0 aromatic carbocycles. The second-order valence-corrected chi connectivity index (χ2v) is 4.27. The van der Waals surface area contributed by atoms with Crippen molar-refractivity contribution < 1.29 is 4.74 Å². The zero-order valence-corrected chi connectivity index (χ0v) is 9.68. The Morgan fingerprint density at radius 2 is 2.36 bits per heavy atom. The summed E-state index contributed by atoms with van der Waals surface area (Å²) in [4.78, 5) is 3.05. The topological polar surface area (TPSA) is 38.5 Å². The van der Waals surface area contributed by atoms with Gasteiger partial charge in [-0.1, -0.05) is 18.6 Å². The van der Waals surface area contributed by atoms with Crippen molar-refractivity contribution in [1.29, 1.82) is 0 Å². The van der Waals surface area contributed by atoms with E-state index in [1.165, 1.54) is 12.8 Å². The van der Waals surface area contributed by atoms with Gasteiger partial charge in [-0.25, -0.2) is 0 Å². The number of rotatable bonds is 5. The average Bonchev–Trinajstić information content (AvgIpc) is 2.19. The highest BCUT2D eigenvalue weighted by molar-refractivity contribution is 7.80. The predicted molar refractivity (Wildman–Crippen MR) is 62.5 cm³/mol. The minimum Gasteiger partial charge on any atom is -0.392 e. The molecule has 1 fully saturated rings. The monoisotopic (exact) mass is 216 g/mol. The van der Waals surface area contributed by atoms with Gasteiger partial charge in [-0.15, -0.1) is 0 Å². The van der Waals surface area contributed by atoms with Gasteiger partial charge in [-0.3, -0.25) is 4.90 Å². The van der Waals surface area contributed by atoms with E-state index in [0.29, 0.717) is 11.0 Å². The van der Waals surface area contributed by atoms with Crippen LogP contribution in [0.15, 0.2) is 0 Å². The van der Waals surface area contributed by atoms with Crippen molar-refractivity contribution >= 4 is 17.2 Å². The van der Waals surface area contributed by atoms with Gasteiger partial charge in [0.25, 0.3) is 0 Å². The zero-order chi connectivity index (χ0) is 10.4. The Kier molecular flexibility index (Phi) is 5.37. The number of ether oxygens (including phenoxy) is 1. The summed E-state index contributed by atoms with van der Waals surface area (Å²) in [5.74, 6) is 0. The molecule has 0 aliphatic carbocycles. The number of hydrogen-bond acceptors (Lipinski definition) is 3. The Morgan fingerprint density at radius 3 is 3.00 bits per heavy atom. The second-order valence-electron chi connectivity index (χ2n) is 3.80. The second kappa shape index (κ2) is 6.32. The number of piperidine rings is 1. The maximum Gasteiger partial charge on any atom is 0.0902 e. The summed E-state index contributed by atoms with van der Waals surface area (Å²) in [6.07, 6.45) is 4.72. The Morgan fingerprint density at radius 1 is 1.57 bits per heavy atom. The van der Waals surface area contributed by atoms with Crippen LogP contribution < -0.4 is 5.73 Å². The van der Waals surface area contributed by atoms with Gasteiger partial charge in [0.1, 0.15) is 0 Å². The van der Waals surface area contributed by atoms with E-state index in [1.54, 1.807) is 7.11 Å². The number of hydrogen-bond donors (Lipinski definition) is 1. The first-order valence-electron chi connectivity index (χ1n) is 5.28. The Balaban J connectivity index is 2.34. The molecule has 1 aliphatic heterocycles. The average molecular weight is 216 g/mol. The molecule has 1 aliphatic rings. The lowest BCUT2D eigenvalue weighted by atomic mass is 10.0. The third-order valence-corrected chi connectivity index (χ3v) is 3.01. The highest BCUT2D eigenvalue weighted by Crippen LogP contribution is 2.17. The van der Waals surface area contributed by atoms with Crippen molar-refractivity contribution in [2.24, 2.45) is 5.73 Å². The fourth-order valence-electron chi connectivity index (χ4n) is 1.99. The summed E-state index contributed by atoms with van der Waals surface area (Å²) in [5, 5.41) is 0. The van der Waals surface area contributed by atoms with Crippen LogP contribution in [0.25, 0.3) is 0 Å². The van der Waals surface area contributed by atoms with Crippen LogP contribution in [0.5, 0.6) is 0 Å². The maximum absolute atomic E-state index is 5.72. The van der Waals surface area contributed by atoms with Crippen LogP contribution in [0.3, 0.4) is 0 Å². The van der Waals surface area contributed by atoms with Gasteiger partial charge < -0.3 is 10.5 Å². The van der Waals surface area contributed by atoms with Gasteiger partial charge in [0, 0.05) is 20.3 Å². The number of thiocarbonyl (C=S) groups is 1. The van der Waals surface area contributed by atoms with Gasteiger partial charge in [-0.2, -0.15) is 0 Å². The van der Waals surface area contributed by atoms with Crippen molar-refractivity contribution in [3.05, 3.63) is 0 Å². The van der Waals surface area contributed by atoms with Crippen molar-refractivity contribution in [2.45, 2.75) is 31.7 Å². The molecule has 0 amide bonds. The number of nitrogens with zero attached hydrogens (tertiary/aromatic N) is 1. The number of methoxy groups -OCH3 is 1. The molecule has 3 nitrogen and oxygen atoms in total. The van der Waals surface area contributed by atoms with Crippen LogP contribution in [0.4, 0.5) is 0 Å². The minimum atomic E-state index is 0.329. The number of nitrogens with two attached hydrogens (primary N) is 1. The molecule has 0 aromatic rings. The van der Waals surface area contributed by atoms with E-state index < -0.39 is 0 Å². The maximum atomic E-state index is 5.72. The molecule has 0 spiro atoms. The predicted octanol–water partition coefficient (Wildman–Crippen LogP) is 1.16. The highest BCUT2D eigenvalue weighted by Gasteiger charge is 2.23. The van der Waals surface area contributed by atoms with Crippen LogP contribution in [-0.2, 0) is 4.74 Å². The fraction of sp³-hybridized carbons (Fsp3) is 0.900. The fourth-order valence-corrected chi connectivity index (χ4v) is 2.26. The van der Waals surface area contributed by atoms with E-state index in [2.05, 4.69) is 4.90 Å². The Labute approximate surface area is 91.6 Å². The summed E-state index contributed by atoms with van der Waals surface area (Å²) in [6.45, 7) is 3.00. The quantitative estimate of drug-likeness (QED) is 0.553. The lowest BCUT2D eigenvalue weighted by molar-refractivity contribution is 0.148. The van der Waals surface area contributed by atoms with Crippen LogP contribution in [0.2, 0.25) is 0 Å². The standard InChI is InChI=1S/C10H20N2OS/c1-13-8-4-7-12-6-3-2-5-9(12)10(11)14/h9H,2-8H2,1H3,(H2,11,14). The smallest absolute Gasteiger partial charge is 0.0902 e. The van der Waals surface area contributed by atoms with Gasteiger partial charge >= 0.3 is 0 Å². The molecule has 4 heteroatoms. The molecule has 1 rings (SSSR count). The Hall–Kier alpha value is -0.190. The molecule has 14 heavy (non-hydrogen) atoms.